The Labute approximate surface area is 157 Å². The number of carbonyl (C=O) groups excluding carboxylic acids is 2. The molecule has 0 fully saturated rings. The first-order chi connectivity index (χ1) is 12.9. The monoisotopic (exact) mass is 370 g/mol. The minimum atomic E-state index is -0.452. The van der Waals surface area contributed by atoms with Gasteiger partial charge in [0.15, 0.2) is 11.5 Å². The number of hydrogen-bond acceptors (Lipinski definition) is 6. The van der Waals surface area contributed by atoms with Crippen LogP contribution in [0.4, 0.5) is 5.69 Å². The normalized spacial score (nSPS) is 10.9. The predicted molar refractivity (Wildman–Crippen MR) is 103 cm³/mol. The quantitative estimate of drug-likeness (QED) is 0.389. The van der Waals surface area contributed by atoms with Gasteiger partial charge in [0.2, 0.25) is 0 Å². The molecule has 0 saturated carbocycles. The predicted octanol–water partition coefficient (Wildman–Crippen LogP) is 1.56. The van der Waals surface area contributed by atoms with E-state index in [1.165, 1.54) is 20.3 Å². The van der Waals surface area contributed by atoms with Crippen LogP contribution in [0.3, 0.4) is 0 Å². The third kappa shape index (κ3) is 5.46. The Kier molecular flexibility index (Phi) is 6.76. The zero-order valence-corrected chi connectivity index (χ0v) is 15.4. The summed E-state index contributed by atoms with van der Waals surface area (Å²) >= 11 is 0. The number of hydrazone groups is 1. The number of methoxy groups -OCH3 is 2. The molecule has 0 bridgehead atoms. The summed E-state index contributed by atoms with van der Waals surface area (Å²) in [5.41, 5.74) is 10.5. The molecule has 0 spiro atoms. The Hall–Kier alpha value is -3.55. The van der Waals surface area contributed by atoms with Crippen LogP contribution in [-0.4, -0.2) is 38.3 Å². The molecule has 0 unspecified atom stereocenters. The summed E-state index contributed by atoms with van der Waals surface area (Å²) in [6.07, 6.45) is 0. The van der Waals surface area contributed by atoms with Crippen molar-refractivity contribution in [3.05, 3.63) is 53.6 Å². The largest absolute Gasteiger partial charge is 0.493 e. The third-order valence-electron chi connectivity index (χ3n) is 3.71. The highest BCUT2D eigenvalue weighted by Crippen LogP contribution is 2.27. The van der Waals surface area contributed by atoms with E-state index in [-0.39, 0.29) is 6.54 Å². The topological polar surface area (TPSA) is 115 Å². The van der Waals surface area contributed by atoms with Crippen molar-refractivity contribution in [3.63, 3.8) is 0 Å². The molecule has 0 aliphatic rings. The van der Waals surface area contributed by atoms with Crippen molar-refractivity contribution >= 4 is 23.2 Å². The Balaban J connectivity index is 1.91. The molecule has 0 aromatic heterocycles. The number of anilines is 1. The first-order valence-corrected chi connectivity index (χ1v) is 8.14. The average Bonchev–Trinajstić information content (AvgIpc) is 2.69. The number of amides is 2. The van der Waals surface area contributed by atoms with Crippen molar-refractivity contribution in [2.24, 2.45) is 5.10 Å². The zero-order chi connectivity index (χ0) is 19.8. The van der Waals surface area contributed by atoms with Crippen LogP contribution >= 0.6 is 0 Å². The molecular weight excluding hydrogens is 348 g/mol. The fourth-order valence-corrected chi connectivity index (χ4v) is 2.25. The number of nitrogens with zero attached hydrogens (tertiary/aromatic N) is 1. The molecule has 2 aromatic rings. The van der Waals surface area contributed by atoms with Crippen LogP contribution in [0.1, 0.15) is 22.8 Å². The van der Waals surface area contributed by atoms with Gasteiger partial charge in [-0.2, -0.15) is 5.10 Å². The molecule has 27 heavy (non-hydrogen) atoms. The smallest absolute Gasteiger partial charge is 0.259 e. The first-order valence-electron chi connectivity index (χ1n) is 8.14. The minimum Gasteiger partial charge on any atom is -0.493 e. The number of rotatable bonds is 7. The van der Waals surface area contributed by atoms with Crippen molar-refractivity contribution in [1.29, 1.82) is 0 Å². The van der Waals surface area contributed by atoms with Crippen molar-refractivity contribution < 1.29 is 19.1 Å². The molecule has 0 aliphatic carbocycles. The van der Waals surface area contributed by atoms with Crippen LogP contribution in [0.2, 0.25) is 0 Å². The van der Waals surface area contributed by atoms with E-state index >= 15 is 0 Å². The molecule has 4 N–H and O–H groups in total. The number of nitrogens with one attached hydrogen (secondary N) is 2. The lowest BCUT2D eigenvalue weighted by molar-refractivity contribution is -0.120. The SMILES string of the molecule is COc1ccc(C(=O)NCC(=O)NN=C(C)c2cccc(N)c2)cc1OC. The number of ether oxygens (including phenoxy) is 2. The van der Waals surface area contributed by atoms with Gasteiger partial charge in [0.25, 0.3) is 11.8 Å². The lowest BCUT2D eigenvalue weighted by Crippen LogP contribution is -2.35. The third-order valence-corrected chi connectivity index (χ3v) is 3.71. The molecular formula is C19H22N4O4. The van der Waals surface area contributed by atoms with E-state index < -0.39 is 11.8 Å². The molecule has 142 valence electrons. The van der Waals surface area contributed by atoms with E-state index in [0.29, 0.717) is 28.5 Å². The van der Waals surface area contributed by atoms with Crippen LogP contribution in [-0.2, 0) is 4.79 Å². The second-order valence-electron chi connectivity index (χ2n) is 5.61. The minimum absolute atomic E-state index is 0.221. The van der Waals surface area contributed by atoms with E-state index in [4.69, 9.17) is 15.2 Å². The molecule has 2 amide bonds. The zero-order valence-electron chi connectivity index (χ0n) is 15.4. The van der Waals surface area contributed by atoms with Gasteiger partial charge in [-0.3, -0.25) is 9.59 Å². The van der Waals surface area contributed by atoms with Crippen LogP contribution < -0.4 is 25.9 Å². The standard InChI is InChI=1S/C19H22N4O4/c1-12(13-5-4-6-15(20)9-13)22-23-18(24)11-21-19(25)14-7-8-16(26-2)17(10-14)27-3/h4-10H,11,20H2,1-3H3,(H,21,25)(H,23,24). The van der Waals surface area contributed by atoms with E-state index in [1.54, 1.807) is 37.3 Å². The summed E-state index contributed by atoms with van der Waals surface area (Å²) in [7, 11) is 2.99. The van der Waals surface area contributed by atoms with Gasteiger partial charge >= 0.3 is 0 Å². The number of benzene rings is 2. The lowest BCUT2D eigenvalue weighted by Gasteiger charge is -2.10. The molecule has 2 aromatic carbocycles. The maximum Gasteiger partial charge on any atom is 0.259 e. The first kappa shape index (κ1) is 19.8. The fraction of sp³-hybridized carbons (Fsp3) is 0.211. The summed E-state index contributed by atoms with van der Waals surface area (Å²) in [5, 5.41) is 6.53. The number of hydrogen-bond donors (Lipinski definition) is 3. The maximum absolute atomic E-state index is 12.2. The van der Waals surface area contributed by atoms with Crippen molar-refractivity contribution in [3.8, 4) is 11.5 Å². The van der Waals surface area contributed by atoms with E-state index in [2.05, 4.69) is 15.8 Å². The van der Waals surface area contributed by atoms with E-state index in [1.807, 2.05) is 6.07 Å². The van der Waals surface area contributed by atoms with Crippen molar-refractivity contribution in [2.75, 3.05) is 26.5 Å². The Bertz CT molecular complexity index is 865. The van der Waals surface area contributed by atoms with Crippen molar-refractivity contribution in [1.82, 2.24) is 10.7 Å². The fourth-order valence-electron chi connectivity index (χ4n) is 2.25. The second kappa shape index (κ2) is 9.23. The molecule has 8 heteroatoms. The van der Waals surface area contributed by atoms with E-state index in [9.17, 15) is 9.59 Å². The summed E-state index contributed by atoms with van der Waals surface area (Å²) in [6.45, 7) is 1.53. The molecule has 0 saturated heterocycles. The van der Waals surface area contributed by atoms with Gasteiger partial charge < -0.3 is 20.5 Å². The van der Waals surface area contributed by atoms with Gasteiger partial charge in [-0.1, -0.05) is 12.1 Å². The number of nitrogens with two attached hydrogens (primary N) is 1. The molecule has 0 atom stereocenters. The lowest BCUT2D eigenvalue weighted by atomic mass is 10.1. The molecule has 2 rings (SSSR count). The Morgan fingerprint density at radius 1 is 1.04 bits per heavy atom. The number of carbonyl (C=O) groups is 2. The van der Waals surface area contributed by atoms with Gasteiger partial charge in [0, 0.05) is 11.3 Å². The second-order valence-corrected chi connectivity index (χ2v) is 5.61. The molecule has 0 radical (unpaired) electrons. The summed E-state index contributed by atoms with van der Waals surface area (Å²) in [5.74, 6) is 0.0739. The molecule has 0 heterocycles. The van der Waals surface area contributed by atoms with Crippen LogP contribution in [0.15, 0.2) is 47.6 Å². The van der Waals surface area contributed by atoms with Crippen LogP contribution in [0.25, 0.3) is 0 Å². The maximum atomic E-state index is 12.2. The highest BCUT2D eigenvalue weighted by molar-refractivity contribution is 6.00. The van der Waals surface area contributed by atoms with Crippen LogP contribution in [0, 0.1) is 0 Å². The van der Waals surface area contributed by atoms with Gasteiger partial charge in [-0.15, -0.1) is 0 Å². The highest BCUT2D eigenvalue weighted by atomic mass is 16.5. The number of nitrogen functional groups attached to an aromatic ring is 1. The van der Waals surface area contributed by atoms with Gasteiger partial charge in [-0.05, 0) is 42.8 Å². The Morgan fingerprint density at radius 3 is 2.44 bits per heavy atom. The molecule has 8 nitrogen and oxygen atoms in total. The van der Waals surface area contributed by atoms with E-state index in [0.717, 1.165) is 5.56 Å². The Morgan fingerprint density at radius 2 is 1.78 bits per heavy atom. The van der Waals surface area contributed by atoms with Crippen LogP contribution in [0.5, 0.6) is 11.5 Å². The summed E-state index contributed by atoms with van der Waals surface area (Å²) in [4.78, 5) is 24.1. The summed E-state index contributed by atoms with van der Waals surface area (Å²) < 4.78 is 10.3. The average molecular weight is 370 g/mol. The van der Waals surface area contributed by atoms with Gasteiger partial charge in [-0.25, -0.2) is 5.43 Å². The van der Waals surface area contributed by atoms with Gasteiger partial charge in [0.1, 0.15) is 0 Å². The van der Waals surface area contributed by atoms with Gasteiger partial charge in [0.05, 0.1) is 26.5 Å². The van der Waals surface area contributed by atoms with Crippen molar-refractivity contribution in [2.45, 2.75) is 6.92 Å². The summed E-state index contributed by atoms with van der Waals surface area (Å²) in [6, 6.07) is 11.9. The molecule has 0 aliphatic heterocycles. The highest BCUT2D eigenvalue weighted by Gasteiger charge is 2.12.